The monoisotopic (exact) mass is 399 g/mol. The molecule has 2 saturated heterocycles. The van der Waals surface area contributed by atoms with Crippen molar-refractivity contribution >= 4 is 17.5 Å². The Bertz CT molecular complexity index is 754. The molecule has 6 nitrogen and oxygen atoms in total. The number of hydrogen-bond donors (Lipinski definition) is 1. The fraction of sp³-hybridized carbons (Fsp3) is 0.579. The lowest BCUT2D eigenvalue weighted by atomic mass is 10.0. The zero-order valence-electron chi connectivity index (χ0n) is 15.9. The van der Waals surface area contributed by atoms with Crippen molar-refractivity contribution in [3.8, 4) is 0 Å². The highest BCUT2D eigenvalue weighted by atomic mass is 19.4. The van der Waals surface area contributed by atoms with E-state index in [0.717, 1.165) is 12.1 Å². The Morgan fingerprint density at radius 2 is 1.96 bits per heavy atom. The minimum atomic E-state index is -4.62. The number of carbonyl (C=O) groups excluding carboxylic acids is 2. The normalized spacial score (nSPS) is 23.2. The first-order valence-electron chi connectivity index (χ1n) is 9.34. The van der Waals surface area contributed by atoms with Gasteiger partial charge in [0.25, 0.3) is 5.91 Å². The molecule has 0 unspecified atom stereocenters. The third-order valence-corrected chi connectivity index (χ3v) is 5.16. The van der Waals surface area contributed by atoms with Crippen molar-refractivity contribution in [2.45, 2.75) is 38.5 Å². The van der Waals surface area contributed by atoms with Gasteiger partial charge in [0.05, 0.1) is 24.8 Å². The number of halogens is 3. The van der Waals surface area contributed by atoms with Gasteiger partial charge in [-0.05, 0) is 25.1 Å². The minimum Gasteiger partial charge on any atom is -0.378 e. The van der Waals surface area contributed by atoms with Gasteiger partial charge < -0.3 is 15.0 Å². The summed E-state index contributed by atoms with van der Waals surface area (Å²) in [4.78, 5) is 28.4. The molecule has 1 N–H and O–H groups in total. The van der Waals surface area contributed by atoms with Gasteiger partial charge in [-0.1, -0.05) is 6.92 Å². The van der Waals surface area contributed by atoms with Crippen molar-refractivity contribution in [3.63, 3.8) is 0 Å². The SMILES string of the molecule is CCC(=O)Nc1cc(C(=O)N2CCN3[C@@H](COC[C@@H]3C)C2)cc(C(F)(F)F)c1. The topological polar surface area (TPSA) is 61.9 Å². The van der Waals surface area contributed by atoms with Crippen LogP contribution >= 0.6 is 0 Å². The molecular formula is C19H24F3N3O3. The van der Waals surface area contributed by atoms with Crippen LogP contribution in [-0.4, -0.2) is 66.5 Å². The van der Waals surface area contributed by atoms with Crippen LogP contribution in [0.25, 0.3) is 0 Å². The van der Waals surface area contributed by atoms with Crippen LogP contribution in [0.4, 0.5) is 18.9 Å². The van der Waals surface area contributed by atoms with Gasteiger partial charge >= 0.3 is 6.18 Å². The minimum absolute atomic E-state index is 0.0294. The second kappa shape index (κ2) is 8.08. The molecule has 2 heterocycles. The highest BCUT2D eigenvalue weighted by molar-refractivity contribution is 5.97. The summed E-state index contributed by atoms with van der Waals surface area (Å²) >= 11 is 0. The van der Waals surface area contributed by atoms with Crippen molar-refractivity contribution in [3.05, 3.63) is 29.3 Å². The molecule has 28 heavy (non-hydrogen) atoms. The van der Waals surface area contributed by atoms with Crippen LogP contribution in [-0.2, 0) is 15.7 Å². The number of nitrogens with one attached hydrogen (secondary N) is 1. The second-order valence-corrected chi connectivity index (χ2v) is 7.23. The van der Waals surface area contributed by atoms with Crippen molar-refractivity contribution < 1.29 is 27.5 Å². The summed E-state index contributed by atoms with van der Waals surface area (Å²) in [5, 5.41) is 2.42. The number of rotatable bonds is 3. The molecule has 0 aliphatic carbocycles. The number of anilines is 1. The molecule has 2 aliphatic heterocycles. The van der Waals surface area contributed by atoms with E-state index in [0.29, 0.717) is 32.8 Å². The molecule has 154 valence electrons. The van der Waals surface area contributed by atoms with Gasteiger partial charge in [-0.15, -0.1) is 0 Å². The number of amides is 2. The third-order valence-electron chi connectivity index (χ3n) is 5.16. The van der Waals surface area contributed by atoms with E-state index >= 15 is 0 Å². The molecule has 1 aromatic carbocycles. The van der Waals surface area contributed by atoms with E-state index in [1.807, 2.05) is 0 Å². The fourth-order valence-electron chi connectivity index (χ4n) is 3.67. The van der Waals surface area contributed by atoms with Crippen LogP contribution < -0.4 is 5.32 Å². The average molecular weight is 399 g/mol. The number of ether oxygens (including phenoxy) is 1. The molecule has 2 aliphatic rings. The van der Waals surface area contributed by atoms with Crippen LogP contribution in [0.5, 0.6) is 0 Å². The molecule has 0 radical (unpaired) electrons. The Hall–Kier alpha value is -2.13. The first-order valence-corrected chi connectivity index (χ1v) is 9.34. The second-order valence-electron chi connectivity index (χ2n) is 7.23. The Labute approximate surface area is 161 Å². The van der Waals surface area contributed by atoms with E-state index in [9.17, 15) is 22.8 Å². The summed E-state index contributed by atoms with van der Waals surface area (Å²) in [6.45, 7) is 6.27. The summed E-state index contributed by atoms with van der Waals surface area (Å²) in [5.74, 6) is -0.893. The zero-order valence-corrected chi connectivity index (χ0v) is 15.9. The molecule has 0 saturated carbocycles. The molecule has 0 spiro atoms. The number of nitrogens with zero attached hydrogens (tertiary/aromatic N) is 2. The Morgan fingerprint density at radius 1 is 1.21 bits per heavy atom. The lowest BCUT2D eigenvalue weighted by Gasteiger charge is -2.47. The third kappa shape index (κ3) is 4.47. The van der Waals surface area contributed by atoms with Crippen molar-refractivity contribution in [1.82, 2.24) is 9.80 Å². The molecule has 1 aromatic rings. The molecule has 3 rings (SSSR count). The highest BCUT2D eigenvalue weighted by Gasteiger charge is 2.36. The van der Waals surface area contributed by atoms with Crippen molar-refractivity contribution in [2.24, 2.45) is 0 Å². The smallest absolute Gasteiger partial charge is 0.378 e. The lowest BCUT2D eigenvalue weighted by Crippen LogP contribution is -2.62. The maximum absolute atomic E-state index is 13.3. The Balaban J connectivity index is 1.84. The zero-order chi connectivity index (χ0) is 20.5. The molecule has 9 heteroatoms. The Morgan fingerprint density at radius 3 is 2.64 bits per heavy atom. The van der Waals surface area contributed by atoms with Crippen molar-refractivity contribution in [1.29, 1.82) is 0 Å². The number of fused-ring (bicyclic) bond motifs is 1. The average Bonchev–Trinajstić information content (AvgIpc) is 2.66. The van der Waals surface area contributed by atoms with E-state index in [-0.39, 0.29) is 29.8 Å². The fourth-order valence-corrected chi connectivity index (χ4v) is 3.67. The van der Waals surface area contributed by atoms with Crippen LogP contribution in [0.2, 0.25) is 0 Å². The summed E-state index contributed by atoms with van der Waals surface area (Å²) in [6, 6.07) is 3.28. The van der Waals surface area contributed by atoms with E-state index in [4.69, 9.17) is 4.74 Å². The summed E-state index contributed by atoms with van der Waals surface area (Å²) in [7, 11) is 0. The number of hydrogen-bond acceptors (Lipinski definition) is 4. The van der Waals surface area contributed by atoms with Gasteiger partial charge in [0.1, 0.15) is 0 Å². The van der Waals surface area contributed by atoms with Crippen molar-refractivity contribution in [2.75, 3.05) is 38.2 Å². The number of carbonyl (C=O) groups is 2. The molecule has 2 atom stereocenters. The molecule has 0 bridgehead atoms. The predicted octanol–water partition coefficient (Wildman–Crippen LogP) is 2.60. The van der Waals surface area contributed by atoms with Gasteiger partial charge in [-0.3, -0.25) is 14.5 Å². The lowest BCUT2D eigenvalue weighted by molar-refractivity contribution is -0.137. The number of morpholine rings is 1. The molecular weight excluding hydrogens is 375 g/mol. The quantitative estimate of drug-likeness (QED) is 0.849. The first-order chi connectivity index (χ1) is 13.2. The van der Waals surface area contributed by atoms with E-state index in [2.05, 4.69) is 17.1 Å². The van der Waals surface area contributed by atoms with Gasteiger partial charge in [-0.2, -0.15) is 13.2 Å². The maximum Gasteiger partial charge on any atom is 0.416 e. The molecule has 2 amide bonds. The van der Waals surface area contributed by atoms with E-state index in [1.165, 1.54) is 6.07 Å². The van der Waals surface area contributed by atoms with Gasteiger partial charge in [-0.25, -0.2) is 0 Å². The van der Waals surface area contributed by atoms with Crippen LogP contribution in [0.1, 0.15) is 36.2 Å². The first kappa shape index (κ1) is 20.6. The van der Waals surface area contributed by atoms with Gasteiger partial charge in [0.2, 0.25) is 5.91 Å². The maximum atomic E-state index is 13.3. The largest absolute Gasteiger partial charge is 0.416 e. The van der Waals surface area contributed by atoms with Crippen LogP contribution in [0, 0.1) is 0 Å². The summed E-state index contributed by atoms with van der Waals surface area (Å²) in [6.07, 6.45) is -4.49. The van der Waals surface area contributed by atoms with Crippen LogP contribution in [0.15, 0.2) is 18.2 Å². The number of piperazine rings is 1. The van der Waals surface area contributed by atoms with E-state index in [1.54, 1.807) is 11.8 Å². The van der Waals surface area contributed by atoms with E-state index < -0.39 is 23.6 Å². The summed E-state index contributed by atoms with van der Waals surface area (Å²) in [5.41, 5.74) is -1.07. The molecule has 0 aromatic heterocycles. The van der Waals surface area contributed by atoms with Crippen LogP contribution in [0.3, 0.4) is 0 Å². The summed E-state index contributed by atoms with van der Waals surface area (Å²) < 4.78 is 45.4. The number of benzene rings is 1. The van der Waals surface area contributed by atoms with Gasteiger partial charge in [0, 0.05) is 43.3 Å². The Kier molecular flexibility index (Phi) is 5.95. The highest BCUT2D eigenvalue weighted by Crippen LogP contribution is 2.32. The number of alkyl halides is 3. The standard InChI is InChI=1S/C19H24F3N3O3/c1-3-17(26)23-15-7-13(6-14(8-15)19(20,21)22)18(27)24-4-5-25-12(2)10-28-11-16(25)9-24/h6-8,12,16H,3-5,9-11H2,1-2H3,(H,23,26)/t12-,16+/m0/s1. The molecule has 2 fully saturated rings. The predicted molar refractivity (Wildman–Crippen MR) is 97.0 cm³/mol. The van der Waals surface area contributed by atoms with Gasteiger partial charge in [0.15, 0.2) is 0 Å².